The Morgan fingerprint density at radius 2 is 1.95 bits per heavy atom. The van der Waals surface area contributed by atoms with Gasteiger partial charge < -0.3 is 5.32 Å². The molecule has 0 atom stereocenters. The van der Waals surface area contributed by atoms with Crippen LogP contribution < -0.4 is 5.32 Å². The molecule has 118 valence electrons. The minimum absolute atomic E-state index is 0. The van der Waals surface area contributed by atoms with E-state index < -0.39 is 19.5 Å². The van der Waals surface area contributed by atoms with Crippen LogP contribution in [0.5, 0.6) is 0 Å². The van der Waals surface area contributed by atoms with Crippen molar-refractivity contribution in [2.75, 3.05) is 0 Å². The minimum atomic E-state index is -2.66. The summed E-state index contributed by atoms with van der Waals surface area (Å²) in [4.78, 5) is 0. The van der Waals surface area contributed by atoms with E-state index in [4.69, 9.17) is 0 Å². The Kier molecular flexibility index (Phi) is 6.63. The van der Waals surface area contributed by atoms with E-state index in [2.05, 4.69) is 15.5 Å². The van der Waals surface area contributed by atoms with E-state index in [-0.39, 0.29) is 12.4 Å². The molecule has 0 bridgehead atoms. The number of alkyl halides is 4. The van der Waals surface area contributed by atoms with Gasteiger partial charge in [0.25, 0.3) is 6.43 Å². The molecule has 2 heterocycles. The first-order valence-electron chi connectivity index (χ1n) is 5.87. The van der Waals surface area contributed by atoms with Gasteiger partial charge in [-0.05, 0) is 6.07 Å². The molecule has 0 aliphatic heterocycles. The normalized spacial score (nSPS) is 11.1. The molecular weight excluding hydrogens is 314 g/mol. The second-order valence-corrected chi connectivity index (χ2v) is 4.13. The molecule has 0 saturated carbocycles. The number of nitrogens with zero attached hydrogens (tertiary/aromatic N) is 4. The van der Waals surface area contributed by atoms with Crippen LogP contribution in [0.25, 0.3) is 0 Å². The second kappa shape index (κ2) is 7.99. The van der Waals surface area contributed by atoms with E-state index >= 15 is 0 Å². The number of aromatic nitrogens is 4. The van der Waals surface area contributed by atoms with Gasteiger partial charge in [0.05, 0.1) is 11.9 Å². The van der Waals surface area contributed by atoms with Crippen LogP contribution >= 0.6 is 12.4 Å². The third-order valence-corrected chi connectivity index (χ3v) is 2.51. The summed E-state index contributed by atoms with van der Waals surface area (Å²) in [5, 5.41) is 10.4. The summed E-state index contributed by atoms with van der Waals surface area (Å²) in [6.45, 7) is -2.40. The Morgan fingerprint density at radius 3 is 2.57 bits per heavy atom. The first-order chi connectivity index (χ1) is 9.54. The number of nitrogens with one attached hydrogen (secondary N) is 1. The lowest BCUT2D eigenvalue weighted by Gasteiger charge is -2.01. The van der Waals surface area contributed by atoms with Crippen molar-refractivity contribution in [1.29, 1.82) is 0 Å². The van der Waals surface area contributed by atoms with E-state index in [0.717, 1.165) is 10.2 Å². The lowest BCUT2D eigenvalue weighted by Crippen LogP contribution is -2.13. The molecule has 0 saturated heterocycles. The lowest BCUT2D eigenvalue weighted by atomic mass is 10.3. The summed E-state index contributed by atoms with van der Waals surface area (Å²) in [7, 11) is 0. The van der Waals surface area contributed by atoms with Crippen LogP contribution in [0.15, 0.2) is 24.7 Å². The summed E-state index contributed by atoms with van der Waals surface area (Å²) in [6.07, 6.45) is 1.74. The van der Waals surface area contributed by atoms with Crippen LogP contribution in [0.1, 0.15) is 17.8 Å². The van der Waals surface area contributed by atoms with E-state index in [1.165, 1.54) is 24.7 Å². The van der Waals surface area contributed by atoms with Gasteiger partial charge in [-0.2, -0.15) is 19.0 Å². The molecule has 0 aromatic carbocycles. The average molecular weight is 328 g/mol. The van der Waals surface area contributed by atoms with E-state index in [9.17, 15) is 17.6 Å². The number of halogens is 5. The highest BCUT2D eigenvalue weighted by atomic mass is 35.5. The molecule has 0 aliphatic carbocycles. The van der Waals surface area contributed by atoms with Crippen LogP contribution in [0.3, 0.4) is 0 Å². The molecule has 2 rings (SSSR count). The van der Waals surface area contributed by atoms with Crippen molar-refractivity contribution in [3.05, 3.63) is 35.9 Å². The number of hydrogen-bond acceptors (Lipinski definition) is 3. The monoisotopic (exact) mass is 327 g/mol. The van der Waals surface area contributed by atoms with Crippen LogP contribution in [0, 0.1) is 0 Å². The summed E-state index contributed by atoms with van der Waals surface area (Å²) < 4.78 is 50.5. The zero-order chi connectivity index (χ0) is 14.5. The molecular formula is C11H14ClF4N5. The van der Waals surface area contributed by atoms with Crippen molar-refractivity contribution in [2.45, 2.75) is 32.6 Å². The van der Waals surface area contributed by atoms with Crippen LogP contribution in [-0.4, -0.2) is 26.0 Å². The standard InChI is InChI=1S/C11H13F4N5.ClH/c12-10(13)7-19-6-8(4-17-19)3-16-5-9-1-2-20(18-9)11(14)15;/h1-2,4,6,10-11,16H,3,5,7H2;1H. The molecule has 0 aliphatic rings. The Morgan fingerprint density at radius 1 is 1.19 bits per heavy atom. The lowest BCUT2D eigenvalue weighted by molar-refractivity contribution is 0.0561. The Hall–Kier alpha value is -1.61. The molecule has 21 heavy (non-hydrogen) atoms. The fraction of sp³-hybridized carbons (Fsp3) is 0.455. The fourth-order valence-corrected chi connectivity index (χ4v) is 1.65. The molecule has 0 amide bonds. The predicted octanol–water partition coefficient (Wildman–Crippen LogP) is 2.45. The average Bonchev–Trinajstić information content (AvgIpc) is 2.98. The summed E-state index contributed by atoms with van der Waals surface area (Å²) in [5.41, 5.74) is 1.21. The molecule has 10 heteroatoms. The van der Waals surface area contributed by atoms with Crippen molar-refractivity contribution >= 4 is 12.4 Å². The topological polar surface area (TPSA) is 47.7 Å². The van der Waals surface area contributed by atoms with E-state index in [1.54, 1.807) is 0 Å². The number of rotatable bonds is 7. The van der Waals surface area contributed by atoms with Gasteiger partial charge >= 0.3 is 6.55 Å². The zero-order valence-electron chi connectivity index (χ0n) is 10.8. The highest BCUT2D eigenvalue weighted by Crippen LogP contribution is 2.08. The molecule has 2 aromatic heterocycles. The van der Waals surface area contributed by atoms with Gasteiger partial charge in [-0.15, -0.1) is 12.4 Å². The van der Waals surface area contributed by atoms with Gasteiger partial charge in [-0.1, -0.05) is 0 Å². The maximum atomic E-state index is 12.3. The van der Waals surface area contributed by atoms with Crippen molar-refractivity contribution in [3.8, 4) is 0 Å². The maximum Gasteiger partial charge on any atom is 0.333 e. The molecule has 0 spiro atoms. The Bertz CT molecular complexity index is 542. The van der Waals surface area contributed by atoms with Crippen molar-refractivity contribution < 1.29 is 17.6 Å². The highest BCUT2D eigenvalue weighted by Gasteiger charge is 2.08. The van der Waals surface area contributed by atoms with Crippen LogP contribution in [-0.2, 0) is 19.6 Å². The molecule has 1 N–H and O–H groups in total. The van der Waals surface area contributed by atoms with Gasteiger partial charge in [0.15, 0.2) is 0 Å². The Labute approximate surface area is 124 Å². The fourth-order valence-electron chi connectivity index (χ4n) is 1.65. The predicted molar refractivity (Wildman–Crippen MR) is 69.5 cm³/mol. The van der Waals surface area contributed by atoms with Gasteiger partial charge in [0, 0.05) is 31.0 Å². The minimum Gasteiger partial charge on any atom is -0.307 e. The van der Waals surface area contributed by atoms with E-state index in [1.807, 2.05) is 0 Å². The van der Waals surface area contributed by atoms with Gasteiger partial charge in [-0.25, -0.2) is 13.5 Å². The van der Waals surface area contributed by atoms with Gasteiger partial charge in [0.2, 0.25) is 0 Å². The first-order valence-corrected chi connectivity index (χ1v) is 5.87. The third kappa shape index (κ3) is 5.35. The zero-order valence-corrected chi connectivity index (χ0v) is 11.6. The second-order valence-electron chi connectivity index (χ2n) is 4.13. The smallest absolute Gasteiger partial charge is 0.307 e. The van der Waals surface area contributed by atoms with Crippen LogP contribution in [0.4, 0.5) is 17.6 Å². The highest BCUT2D eigenvalue weighted by molar-refractivity contribution is 5.85. The van der Waals surface area contributed by atoms with Crippen molar-refractivity contribution in [2.24, 2.45) is 0 Å². The molecule has 5 nitrogen and oxygen atoms in total. The molecule has 2 aromatic rings. The summed E-state index contributed by atoms with van der Waals surface area (Å²) in [5.74, 6) is 0. The maximum absolute atomic E-state index is 12.3. The molecule has 0 unspecified atom stereocenters. The number of hydrogen-bond donors (Lipinski definition) is 1. The summed E-state index contributed by atoms with van der Waals surface area (Å²) in [6, 6.07) is 1.49. The SMILES string of the molecule is Cl.FC(F)Cn1cc(CNCc2ccn(C(F)F)n2)cn1. The quantitative estimate of drug-likeness (QED) is 0.795. The van der Waals surface area contributed by atoms with Gasteiger partial charge in [-0.3, -0.25) is 4.68 Å². The third-order valence-electron chi connectivity index (χ3n) is 2.51. The van der Waals surface area contributed by atoms with E-state index in [0.29, 0.717) is 23.5 Å². The van der Waals surface area contributed by atoms with Crippen molar-refractivity contribution in [3.63, 3.8) is 0 Å². The Balaban J connectivity index is 0.00000220. The first kappa shape index (κ1) is 17.4. The molecule has 0 fully saturated rings. The molecule has 0 radical (unpaired) electrons. The van der Waals surface area contributed by atoms with Gasteiger partial charge in [0.1, 0.15) is 6.54 Å². The largest absolute Gasteiger partial charge is 0.333 e. The summed E-state index contributed by atoms with van der Waals surface area (Å²) >= 11 is 0. The van der Waals surface area contributed by atoms with Crippen molar-refractivity contribution in [1.82, 2.24) is 24.9 Å². The van der Waals surface area contributed by atoms with Crippen LogP contribution in [0.2, 0.25) is 0 Å².